The molecule has 2 N–H and O–H groups in total. The summed E-state index contributed by atoms with van der Waals surface area (Å²) >= 11 is 0. The summed E-state index contributed by atoms with van der Waals surface area (Å²) in [6.07, 6.45) is 5.46. The Hall–Kier alpha value is -3.16. The molecule has 3 rings (SSSR count). The smallest absolute Gasteiger partial charge is 0.243 e. The van der Waals surface area contributed by atoms with Crippen molar-refractivity contribution in [1.29, 1.82) is 0 Å². The third kappa shape index (κ3) is 5.91. The maximum atomic E-state index is 12.9. The van der Waals surface area contributed by atoms with Gasteiger partial charge in [0.2, 0.25) is 17.8 Å². The normalized spacial score (nSPS) is 15.4. The van der Waals surface area contributed by atoms with Gasteiger partial charge in [-0.25, -0.2) is 9.97 Å². The van der Waals surface area contributed by atoms with Gasteiger partial charge in [-0.2, -0.15) is 0 Å². The minimum Gasteiger partial charge on any atom is -0.497 e. The van der Waals surface area contributed by atoms with Crippen molar-refractivity contribution >= 4 is 17.8 Å². The summed E-state index contributed by atoms with van der Waals surface area (Å²) < 4.78 is 5.24. The molecule has 2 heterocycles. The van der Waals surface area contributed by atoms with Crippen LogP contribution in [-0.4, -0.2) is 54.1 Å². The summed E-state index contributed by atoms with van der Waals surface area (Å²) in [5.74, 6) is 1.04. The number of carbonyl (C=O) groups is 2. The van der Waals surface area contributed by atoms with Gasteiger partial charge in [-0.05, 0) is 36.6 Å². The summed E-state index contributed by atoms with van der Waals surface area (Å²) in [6.45, 7) is 2.97. The van der Waals surface area contributed by atoms with Crippen LogP contribution in [-0.2, 0) is 16.0 Å². The zero-order valence-electron chi connectivity index (χ0n) is 16.8. The number of ether oxygens (including phenoxy) is 1. The van der Waals surface area contributed by atoms with Crippen LogP contribution in [0.1, 0.15) is 25.3 Å². The maximum absolute atomic E-state index is 12.9. The van der Waals surface area contributed by atoms with E-state index in [4.69, 9.17) is 4.74 Å². The van der Waals surface area contributed by atoms with Crippen molar-refractivity contribution in [2.45, 2.75) is 38.3 Å². The number of amides is 2. The zero-order chi connectivity index (χ0) is 20.6. The van der Waals surface area contributed by atoms with E-state index >= 15 is 0 Å². The third-order valence-electron chi connectivity index (χ3n) is 4.94. The molecule has 8 heteroatoms. The molecule has 0 radical (unpaired) electrons. The fraction of sp³-hybridized carbons (Fsp3) is 0.429. The van der Waals surface area contributed by atoms with Crippen molar-refractivity contribution in [1.82, 2.24) is 20.6 Å². The second-order valence-corrected chi connectivity index (χ2v) is 7.13. The van der Waals surface area contributed by atoms with Gasteiger partial charge in [0.25, 0.3) is 0 Å². The van der Waals surface area contributed by atoms with Gasteiger partial charge in [0.1, 0.15) is 11.8 Å². The largest absolute Gasteiger partial charge is 0.497 e. The molecule has 154 valence electrons. The Balaban J connectivity index is 1.58. The molecule has 0 saturated carbocycles. The van der Waals surface area contributed by atoms with Crippen molar-refractivity contribution < 1.29 is 14.3 Å². The average Bonchev–Trinajstić information content (AvgIpc) is 2.74. The predicted octanol–water partition coefficient (Wildman–Crippen LogP) is 1.32. The summed E-state index contributed by atoms with van der Waals surface area (Å²) in [5.41, 5.74) is 0.925. The van der Waals surface area contributed by atoms with E-state index in [1.54, 1.807) is 25.6 Å². The molecule has 8 nitrogen and oxygen atoms in total. The van der Waals surface area contributed by atoms with Crippen molar-refractivity contribution in [3.8, 4) is 5.75 Å². The SMILES string of the molecule is COc1cccc(CC(NC(C)=O)C(=O)NC2CCN(c3ncccn3)CC2)c1. The van der Waals surface area contributed by atoms with Crippen molar-refractivity contribution in [3.05, 3.63) is 48.3 Å². The second kappa shape index (κ2) is 9.86. The lowest BCUT2D eigenvalue weighted by Gasteiger charge is -2.33. The second-order valence-electron chi connectivity index (χ2n) is 7.13. The molecule has 1 aromatic carbocycles. The van der Waals surface area contributed by atoms with E-state index in [1.807, 2.05) is 24.3 Å². The van der Waals surface area contributed by atoms with Crippen LogP contribution in [0, 0.1) is 0 Å². The molecule has 0 bridgehead atoms. The van der Waals surface area contributed by atoms with Crippen LogP contribution in [0.15, 0.2) is 42.7 Å². The van der Waals surface area contributed by atoms with E-state index in [9.17, 15) is 9.59 Å². The van der Waals surface area contributed by atoms with E-state index in [-0.39, 0.29) is 17.9 Å². The van der Waals surface area contributed by atoms with Crippen molar-refractivity contribution in [2.75, 3.05) is 25.1 Å². The molecule has 0 aliphatic carbocycles. The Bertz CT molecular complexity index is 822. The van der Waals surface area contributed by atoms with Gasteiger partial charge >= 0.3 is 0 Å². The molecular formula is C21H27N5O3. The lowest BCUT2D eigenvalue weighted by Crippen LogP contribution is -2.52. The van der Waals surface area contributed by atoms with E-state index in [2.05, 4.69) is 25.5 Å². The number of rotatable bonds is 7. The number of aromatic nitrogens is 2. The van der Waals surface area contributed by atoms with Gasteiger partial charge in [-0.3, -0.25) is 9.59 Å². The van der Waals surface area contributed by atoms with E-state index < -0.39 is 6.04 Å². The minimum absolute atomic E-state index is 0.0593. The summed E-state index contributed by atoms with van der Waals surface area (Å²) in [6, 6.07) is 8.74. The van der Waals surface area contributed by atoms with Crippen LogP contribution in [0.2, 0.25) is 0 Å². The van der Waals surface area contributed by atoms with Crippen LogP contribution in [0.3, 0.4) is 0 Å². The van der Waals surface area contributed by atoms with E-state index in [0.717, 1.165) is 37.2 Å². The van der Waals surface area contributed by atoms with Gasteiger partial charge in [0.15, 0.2) is 0 Å². The Morgan fingerprint density at radius 1 is 1.21 bits per heavy atom. The highest BCUT2D eigenvalue weighted by Crippen LogP contribution is 2.17. The first-order valence-electron chi connectivity index (χ1n) is 9.77. The number of hydrogen-bond acceptors (Lipinski definition) is 6. The first-order chi connectivity index (χ1) is 14.0. The molecule has 2 aromatic rings. The number of methoxy groups -OCH3 is 1. The van der Waals surface area contributed by atoms with Gasteiger partial charge < -0.3 is 20.3 Å². The number of hydrogen-bond donors (Lipinski definition) is 2. The molecule has 1 saturated heterocycles. The topological polar surface area (TPSA) is 96.4 Å². The quantitative estimate of drug-likeness (QED) is 0.732. The number of anilines is 1. The molecule has 1 aliphatic rings. The van der Waals surface area contributed by atoms with Gasteiger partial charge in [0, 0.05) is 44.9 Å². The van der Waals surface area contributed by atoms with Gasteiger partial charge in [-0.15, -0.1) is 0 Å². The average molecular weight is 397 g/mol. The van der Waals surface area contributed by atoms with Crippen molar-refractivity contribution in [3.63, 3.8) is 0 Å². The first-order valence-corrected chi connectivity index (χ1v) is 9.77. The fourth-order valence-corrected chi connectivity index (χ4v) is 3.47. The number of carbonyl (C=O) groups excluding carboxylic acids is 2. The van der Waals surface area contributed by atoms with Crippen LogP contribution in [0.25, 0.3) is 0 Å². The first kappa shape index (κ1) is 20.6. The monoisotopic (exact) mass is 397 g/mol. The number of nitrogens with one attached hydrogen (secondary N) is 2. The number of nitrogens with zero attached hydrogens (tertiary/aromatic N) is 3. The highest BCUT2D eigenvalue weighted by molar-refractivity contribution is 5.87. The van der Waals surface area contributed by atoms with Crippen LogP contribution in [0.5, 0.6) is 5.75 Å². The Morgan fingerprint density at radius 3 is 2.59 bits per heavy atom. The van der Waals surface area contributed by atoms with Gasteiger partial charge in [-0.1, -0.05) is 12.1 Å². The Labute approximate surface area is 170 Å². The third-order valence-corrected chi connectivity index (χ3v) is 4.94. The predicted molar refractivity (Wildman–Crippen MR) is 110 cm³/mol. The van der Waals surface area contributed by atoms with E-state index in [1.165, 1.54) is 6.92 Å². The molecule has 0 spiro atoms. The summed E-state index contributed by atoms with van der Waals surface area (Å²) in [5, 5.41) is 5.86. The molecule has 1 aliphatic heterocycles. The van der Waals surface area contributed by atoms with Crippen LogP contribution >= 0.6 is 0 Å². The molecule has 1 unspecified atom stereocenters. The van der Waals surface area contributed by atoms with Crippen LogP contribution < -0.4 is 20.3 Å². The lowest BCUT2D eigenvalue weighted by molar-refractivity contribution is -0.128. The highest BCUT2D eigenvalue weighted by Gasteiger charge is 2.26. The van der Waals surface area contributed by atoms with E-state index in [0.29, 0.717) is 12.4 Å². The summed E-state index contributed by atoms with van der Waals surface area (Å²) in [7, 11) is 1.60. The number of piperidine rings is 1. The maximum Gasteiger partial charge on any atom is 0.243 e. The molecule has 2 amide bonds. The summed E-state index contributed by atoms with van der Waals surface area (Å²) in [4.78, 5) is 35.2. The zero-order valence-corrected chi connectivity index (χ0v) is 16.8. The molecule has 1 atom stereocenters. The van der Waals surface area contributed by atoms with Crippen LogP contribution in [0.4, 0.5) is 5.95 Å². The molecule has 29 heavy (non-hydrogen) atoms. The van der Waals surface area contributed by atoms with Gasteiger partial charge in [0.05, 0.1) is 7.11 Å². The minimum atomic E-state index is -0.630. The standard InChI is InChI=1S/C21H27N5O3/c1-15(27)24-19(14-16-5-3-6-18(13-16)29-2)20(28)25-17-7-11-26(12-8-17)21-22-9-4-10-23-21/h3-6,9-10,13,17,19H,7-8,11-12,14H2,1-2H3,(H,24,27)(H,25,28). The molecule has 1 fully saturated rings. The molecule has 1 aromatic heterocycles. The Kier molecular flexibility index (Phi) is 6.99. The van der Waals surface area contributed by atoms with Crippen molar-refractivity contribution in [2.24, 2.45) is 0 Å². The Morgan fingerprint density at radius 2 is 1.93 bits per heavy atom. The molecular weight excluding hydrogens is 370 g/mol. The highest BCUT2D eigenvalue weighted by atomic mass is 16.5. The lowest BCUT2D eigenvalue weighted by atomic mass is 10.0. The number of benzene rings is 1. The fourth-order valence-electron chi connectivity index (χ4n) is 3.47.